The number of hydrogen-bond acceptors (Lipinski definition) is 3. The molecule has 130 valence electrons. The molecule has 4 rings (SSSR count). The summed E-state index contributed by atoms with van der Waals surface area (Å²) in [6.07, 6.45) is 0.530. The van der Waals surface area contributed by atoms with Crippen molar-refractivity contribution >= 4 is 28.9 Å². The van der Waals surface area contributed by atoms with E-state index < -0.39 is 6.10 Å². The largest absolute Gasteiger partial charge is 0.490 e. The summed E-state index contributed by atoms with van der Waals surface area (Å²) in [6, 6.07) is 22.6. The van der Waals surface area contributed by atoms with Crippen LogP contribution in [0.4, 0.5) is 5.69 Å². The first kappa shape index (κ1) is 17.6. The molecule has 25 heavy (non-hydrogen) atoms. The normalized spacial score (nSPS) is 14.0. The number of β-amino-alcohol motifs (C(OH)–C–C–N with tert-alkyl or cyclic N) is 1. The third-order valence-electron chi connectivity index (χ3n) is 4.60. The Hall–Kier alpha value is -2.23. The molecule has 0 amide bonds. The molecule has 1 unspecified atom stereocenters. The molecule has 1 aliphatic rings. The van der Waals surface area contributed by atoms with Crippen LogP contribution in [0.3, 0.4) is 0 Å². The molecule has 1 N–H and O–H groups in total. The second kappa shape index (κ2) is 7.77. The lowest BCUT2D eigenvalue weighted by Gasteiger charge is -2.23. The molecular weight excluding hydrogens is 334 g/mol. The number of aliphatic hydroxyl groups excluding tert-OH is 1. The summed E-state index contributed by atoms with van der Waals surface area (Å²) in [5.41, 5.74) is 2.60. The van der Waals surface area contributed by atoms with Crippen LogP contribution >= 0.6 is 12.4 Å². The molecule has 0 bridgehead atoms. The summed E-state index contributed by atoms with van der Waals surface area (Å²) in [7, 11) is 0. The van der Waals surface area contributed by atoms with Crippen molar-refractivity contribution in [3.05, 3.63) is 72.3 Å². The lowest BCUT2D eigenvalue weighted by molar-refractivity contribution is 0.113. The SMILES string of the molecule is Cl.OC(COc1cccc2ccccc12)CN1CCc2ccccc21. The molecule has 0 aromatic heterocycles. The van der Waals surface area contributed by atoms with Gasteiger partial charge in [0.05, 0.1) is 0 Å². The van der Waals surface area contributed by atoms with Crippen molar-refractivity contribution in [2.75, 3.05) is 24.6 Å². The Kier molecular flexibility index (Phi) is 5.47. The number of nitrogens with zero attached hydrogens (tertiary/aromatic N) is 1. The average molecular weight is 356 g/mol. The average Bonchev–Trinajstić information content (AvgIpc) is 3.03. The number of para-hydroxylation sites is 1. The van der Waals surface area contributed by atoms with Crippen LogP contribution in [-0.2, 0) is 6.42 Å². The first-order valence-corrected chi connectivity index (χ1v) is 8.43. The van der Waals surface area contributed by atoms with Gasteiger partial charge in [0.1, 0.15) is 18.5 Å². The molecule has 0 aliphatic carbocycles. The smallest absolute Gasteiger partial charge is 0.127 e. The Balaban J connectivity index is 0.00000182. The van der Waals surface area contributed by atoms with E-state index in [-0.39, 0.29) is 12.4 Å². The highest BCUT2D eigenvalue weighted by Gasteiger charge is 2.21. The van der Waals surface area contributed by atoms with Gasteiger partial charge in [-0.15, -0.1) is 12.4 Å². The van der Waals surface area contributed by atoms with Gasteiger partial charge in [-0.2, -0.15) is 0 Å². The van der Waals surface area contributed by atoms with E-state index in [9.17, 15) is 5.11 Å². The number of rotatable bonds is 5. The molecule has 3 aromatic rings. The number of hydrogen-bond donors (Lipinski definition) is 1. The van der Waals surface area contributed by atoms with Gasteiger partial charge in [0.25, 0.3) is 0 Å². The zero-order chi connectivity index (χ0) is 16.4. The van der Waals surface area contributed by atoms with Crippen LogP contribution in [0, 0.1) is 0 Å². The number of fused-ring (bicyclic) bond motifs is 2. The highest BCUT2D eigenvalue weighted by Crippen LogP contribution is 2.28. The van der Waals surface area contributed by atoms with E-state index >= 15 is 0 Å². The van der Waals surface area contributed by atoms with Crippen molar-refractivity contribution < 1.29 is 9.84 Å². The predicted octanol–water partition coefficient (Wildman–Crippen LogP) is 4.06. The summed E-state index contributed by atoms with van der Waals surface area (Å²) >= 11 is 0. The summed E-state index contributed by atoms with van der Waals surface area (Å²) in [5, 5.41) is 12.6. The molecule has 3 nitrogen and oxygen atoms in total. The number of halogens is 1. The summed E-state index contributed by atoms with van der Waals surface area (Å²) in [4.78, 5) is 2.24. The quantitative estimate of drug-likeness (QED) is 0.749. The fraction of sp³-hybridized carbons (Fsp3) is 0.238. The first-order valence-electron chi connectivity index (χ1n) is 8.43. The van der Waals surface area contributed by atoms with Gasteiger partial charge in [-0.05, 0) is 29.5 Å². The fourth-order valence-corrected chi connectivity index (χ4v) is 3.41. The summed E-state index contributed by atoms with van der Waals surface area (Å²) < 4.78 is 5.90. The van der Waals surface area contributed by atoms with Gasteiger partial charge >= 0.3 is 0 Å². The number of aliphatic hydroxyl groups is 1. The zero-order valence-corrected chi connectivity index (χ0v) is 14.8. The Morgan fingerprint density at radius 2 is 1.72 bits per heavy atom. The van der Waals surface area contributed by atoms with Crippen LogP contribution < -0.4 is 9.64 Å². The highest BCUT2D eigenvalue weighted by molar-refractivity contribution is 5.88. The van der Waals surface area contributed by atoms with Gasteiger partial charge in [-0.1, -0.05) is 54.6 Å². The second-order valence-electron chi connectivity index (χ2n) is 6.27. The van der Waals surface area contributed by atoms with Gasteiger partial charge < -0.3 is 14.7 Å². The molecular formula is C21H22ClNO2. The molecule has 0 saturated heterocycles. The van der Waals surface area contributed by atoms with Gasteiger partial charge in [0, 0.05) is 24.2 Å². The second-order valence-corrected chi connectivity index (χ2v) is 6.27. The third-order valence-corrected chi connectivity index (χ3v) is 4.60. The maximum atomic E-state index is 10.4. The van der Waals surface area contributed by atoms with Gasteiger partial charge in [0.15, 0.2) is 0 Å². The van der Waals surface area contributed by atoms with Gasteiger partial charge in [-0.3, -0.25) is 0 Å². The maximum Gasteiger partial charge on any atom is 0.127 e. The van der Waals surface area contributed by atoms with E-state index in [1.165, 1.54) is 11.3 Å². The number of ether oxygens (including phenoxy) is 1. The zero-order valence-electron chi connectivity index (χ0n) is 14.0. The van der Waals surface area contributed by atoms with Crippen LogP contribution in [0.1, 0.15) is 5.56 Å². The van der Waals surface area contributed by atoms with Crippen LogP contribution in [-0.4, -0.2) is 30.9 Å². The maximum absolute atomic E-state index is 10.4. The molecule has 3 aromatic carbocycles. The lowest BCUT2D eigenvalue weighted by atomic mass is 10.1. The van der Waals surface area contributed by atoms with Crippen molar-refractivity contribution in [1.82, 2.24) is 0 Å². The van der Waals surface area contributed by atoms with Crippen LogP contribution in [0.15, 0.2) is 66.7 Å². The van der Waals surface area contributed by atoms with E-state index in [0.29, 0.717) is 13.2 Å². The van der Waals surface area contributed by atoms with E-state index in [1.54, 1.807) is 0 Å². The standard InChI is InChI=1S/C21H21NO2.ClH/c23-18(14-22-13-12-17-7-2-4-10-20(17)22)15-24-21-11-5-8-16-6-1-3-9-19(16)21;/h1-11,18,23H,12-15H2;1H. The number of benzene rings is 3. The van der Waals surface area contributed by atoms with E-state index in [4.69, 9.17) is 4.74 Å². The molecule has 1 heterocycles. The molecule has 0 spiro atoms. The molecule has 0 saturated carbocycles. The third kappa shape index (κ3) is 3.73. The minimum Gasteiger partial charge on any atom is -0.490 e. The Morgan fingerprint density at radius 3 is 2.64 bits per heavy atom. The van der Waals surface area contributed by atoms with Gasteiger partial charge in [0.2, 0.25) is 0 Å². The first-order chi connectivity index (χ1) is 11.8. The van der Waals surface area contributed by atoms with E-state index in [1.807, 2.05) is 30.3 Å². The molecule has 4 heteroatoms. The molecule has 1 atom stereocenters. The van der Waals surface area contributed by atoms with Crippen LogP contribution in [0.2, 0.25) is 0 Å². The minimum absolute atomic E-state index is 0. The summed E-state index contributed by atoms with van der Waals surface area (Å²) in [5.74, 6) is 0.828. The predicted molar refractivity (Wildman–Crippen MR) is 105 cm³/mol. The molecule has 0 radical (unpaired) electrons. The topological polar surface area (TPSA) is 32.7 Å². The van der Waals surface area contributed by atoms with Gasteiger partial charge in [-0.25, -0.2) is 0 Å². The minimum atomic E-state index is -0.518. The lowest BCUT2D eigenvalue weighted by Crippen LogP contribution is -2.34. The monoisotopic (exact) mass is 355 g/mol. The number of anilines is 1. The Morgan fingerprint density at radius 1 is 0.960 bits per heavy atom. The van der Waals surface area contributed by atoms with Crippen molar-refractivity contribution in [3.63, 3.8) is 0 Å². The van der Waals surface area contributed by atoms with Crippen molar-refractivity contribution in [2.45, 2.75) is 12.5 Å². The van der Waals surface area contributed by atoms with E-state index in [2.05, 4.69) is 41.3 Å². The summed E-state index contributed by atoms with van der Waals surface area (Å²) in [6.45, 7) is 1.86. The van der Waals surface area contributed by atoms with Crippen LogP contribution in [0.25, 0.3) is 10.8 Å². The molecule has 1 aliphatic heterocycles. The fourth-order valence-electron chi connectivity index (χ4n) is 3.41. The molecule has 0 fully saturated rings. The van der Waals surface area contributed by atoms with Crippen molar-refractivity contribution in [2.24, 2.45) is 0 Å². The highest BCUT2D eigenvalue weighted by atomic mass is 35.5. The Labute approximate surface area is 154 Å². The van der Waals surface area contributed by atoms with Crippen LogP contribution in [0.5, 0.6) is 5.75 Å². The van der Waals surface area contributed by atoms with Crippen molar-refractivity contribution in [1.29, 1.82) is 0 Å². The van der Waals surface area contributed by atoms with E-state index in [0.717, 1.165) is 29.5 Å². The Bertz CT molecular complexity index is 847. The van der Waals surface area contributed by atoms with Crippen molar-refractivity contribution in [3.8, 4) is 5.75 Å².